The van der Waals surface area contributed by atoms with Crippen molar-refractivity contribution < 1.29 is 19.1 Å². The van der Waals surface area contributed by atoms with Crippen molar-refractivity contribution in [3.05, 3.63) is 59.8 Å². The van der Waals surface area contributed by atoms with Crippen LogP contribution in [-0.4, -0.2) is 66.5 Å². The second-order valence-corrected chi connectivity index (χ2v) is 7.56. The van der Waals surface area contributed by atoms with Crippen LogP contribution in [0.15, 0.2) is 48.5 Å². The van der Waals surface area contributed by atoms with Gasteiger partial charge in [-0.3, -0.25) is 14.4 Å². The summed E-state index contributed by atoms with van der Waals surface area (Å²) in [5.41, 5.74) is 7.32. The highest BCUT2D eigenvalue weighted by molar-refractivity contribution is 5.97. The van der Waals surface area contributed by atoms with Crippen LogP contribution in [0.3, 0.4) is 0 Å². The lowest BCUT2D eigenvalue weighted by molar-refractivity contribution is -0.134. The normalized spacial score (nSPS) is 18.0. The molecule has 1 aromatic carbocycles. The Morgan fingerprint density at radius 2 is 1.77 bits per heavy atom. The minimum Gasteiger partial charge on any atom is -0.384 e. The molecule has 3 amide bonds. The van der Waals surface area contributed by atoms with E-state index >= 15 is 0 Å². The quantitative estimate of drug-likeness (QED) is 0.481. The molecule has 164 valence electrons. The maximum atomic E-state index is 12.6. The van der Waals surface area contributed by atoms with Crippen molar-refractivity contribution in [2.24, 2.45) is 0 Å². The summed E-state index contributed by atoms with van der Waals surface area (Å²) in [4.78, 5) is 42.9. The van der Waals surface area contributed by atoms with E-state index in [1.54, 1.807) is 26.2 Å². The summed E-state index contributed by atoms with van der Waals surface area (Å²) in [5, 5.41) is 5.45. The molecule has 2 heterocycles. The Labute approximate surface area is 181 Å². The Hall–Kier alpha value is -3.46. The summed E-state index contributed by atoms with van der Waals surface area (Å²) in [6.45, 7) is 0.346. The second-order valence-electron chi connectivity index (χ2n) is 7.56. The first-order valence-electron chi connectivity index (χ1n) is 10.0. The Balaban J connectivity index is 1.49. The molecule has 0 radical (unpaired) electrons. The van der Waals surface area contributed by atoms with Gasteiger partial charge >= 0.3 is 0 Å². The number of rotatable bonds is 9. The summed E-state index contributed by atoms with van der Waals surface area (Å²) < 4.78 is 5.27. The SMILES string of the molecule is CN(C)C(=O)[C@H](Cc1ccccc1)NC(=O)[C@H]1O[C@@H]1C(=O)NCCc1cccc(N)n1. The van der Waals surface area contributed by atoms with Crippen molar-refractivity contribution in [3.63, 3.8) is 0 Å². The number of pyridine rings is 1. The summed E-state index contributed by atoms with van der Waals surface area (Å²) in [7, 11) is 3.26. The Morgan fingerprint density at radius 1 is 1.06 bits per heavy atom. The van der Waals surface area contributed by atoms with Gasteiger partial charge in [0.05, 0.1) is 0 Å². The molecule has 0 bridgehead atoms. The van der Waals surface area contributed by atoms with Crippen LogP contribution < -0.4 is 16.4 Å². The molecule has 0 unspecified atom stereocenters. The van der Waals surface area contributed by atoms with Gasteiger partial charge in [0.15, 0.2) is 12.2 Å². The minimum absolute atomic E-state index is 0.228. The number of likely N-dealkylation sites (N-methyl/N-ethyl adjacent to an activating group) is 1. The molecule has 1 aliphatic heterocycles. The zero-order chi connectivity index (χ0) is 22.4. The van der Waals surface area contributed by atoms with Crippen molar-refractivity contribution in [1.29, 1.82) is 0 Å². The molecule has 0 spiro atoms. The number of carbonyl (C=O) groups is 3. The molecule has 2 aromatic rings. The molecule has 3 rings (SSSR count). The first kappa shape index (κ1) is 22.2. The first-order chi connectivity index (χ1) is 14.8. The smallest absolute Gasteiger partial charge is 0.253 e. The molecule has 4 N–H and O–H groups in total. The lowest BCUT2D eigenvalue weighted by atomic mass is 10.0. The van der Waals surface area contributed by atoms with Crippen molar-refractivity contribution in [2.75, 3.05) is 26.4 Å². The van der Waals surface area contributed by atoms with E-state index in [0.29, 0.717) is 25.2 Å². The zero-order valence-corrected chi connectivity index (χ0v) is 17.6. The van der Waals surface area contributed by atoms with E-state index in [9.17, 15) is 14.4 Å². The highest BCUT2D eigenvalue weighted by atomic mass is 16.6. The van der Waals surface area contributed by atoms with Crippen molar-refractivity contribution in [2.45, 2.75) is 31.1 Å². The predicted octanol–water partition coefficient (Wildman–Crippen LogP) is -0.0944. The number of anilines is 1. The summed E-state index contributed by atoms with van der Waals surface area (Å²) >= 11 is 0. The monoisotopic (exact) mass is 425 g/mol. The number of amides is 3. The fourth-order valence-electron chi connectivity index (χ4n) is 3.18. The summed E-state index contributed by atoms with van der Waals surface area (Å²) in [6, 6.07) is 14.0. The number of aromatic nitrogens is 1. The van der Waals surface area contributed by atoms with E-state index in [-0.39, 0.29) is 11.8 Å². The molecule has 1 aliphatic rings. The first-order valence-corrected chi connectivity index (χ1v) is 10.0. The van der Waals surface area contributed by atoms with Crippen molar-refractivity contribution in [1.82, 2.24) is 20.5 Å². The van der Waals surface area contributed by atoms with Gasteiger partial charge in [-0.25, -0.2) is 4.98 Å². The van der Waals surface area contributed by atoms with Crippen LogP contribution in [-0.2, 0) is 32.0 Å². The fraction of sp³-hybridized carbons (Fsp3) is 0.364. The number of nitrogens with one attached hydrogen (secondary N) is 2. The molecule has 0 aliphatic carbocycles. The van der Waals surface area contributed by atoms with Crippen LogP contribution in [0.4, 0.5) is 5.82 Å². The molecule has 1 fully saturated rings. The molecular weight excluding hydrogens is 398 g/mol. The van der Waals surface area contributed by atoms with Crippen LogP contribution >= 0.6 is 0 Å². The number of benzene rings is 1. The van der Waals surface area contributed by atoms with Crippen LogP contribution in [0, 0.1) is 0 Å². The summed E-state index contributed by atoms with van der Waals surface area (Å²) in [6.07, 6.45) is -0.906. The van der Waals surface area contributed by atoms with Crippen LogP contribution in [0.25, 0.3) is 0 Å². The molecule has 0 saturated carbocycles. The van der Waals surface area contributed by atoms with E-state index in [4.69, 9.17) is 10.5 Å². The molecule has 1 aromatic heterocycles. The second kappa shape index (κ2) is 10.0. The van der Waals surface area contributed by atoms with Crippen molar-refractivity contribution >= 4 is 23.5 Å². The topological polar surface area (TPSA) is 130 Å². The van der Waals surface area contributed by atoms with E-state index in [1.807, 2.05) is 36.4 Å². The number of nitrogen functional groups attached to an aromatic ring is 1. The Kier molecular flexibility index (Phi) is 7.19. The van der Waals surface area contributed by atoms with E-state index in [0.717, 1.165) is 11.3 Å². The highest BCUT2D eigenvalue weighted by Gasteiger charge is 2.50. The molecule has 3 atom stereocenters. The Morgan fingerprint density at radius 3 is 2.45 bits per heavy atom. The van der Waals surface area contributed by atoms with Crippen LogP contribution in [0.2, 0.25) is 0 Å². The van der Waals surface area contributed by atoms with E-state index in [2.05, 4.69) is 15.6 Å². The average molecular weight is 425 g/mol. The van der Waals surface area contributed by atoms with Crippen LogP contribution in [0.5, 0.6) is 0 Å². The molecular formula is C22H27N5O4. The third kappa shape index (κ3) is 6.26. The molecule has 9 nitrogen and oxygen atoms in total. The molecule has 9 heteroatoms. The van der Waals surface area contributed by atoms with Crippen LogP contribution in [0.1, 0.15) is 11.3 Å². The maximum Gasteiger partial charge on any atom is 0.253 e. The Bertz CT molecular complexity index is 935. The lowest BCUT2D eigenvalue weighted by Crippen LogP contribution is -2.49. The number of carbonyl (C=O) groups excluding carboxylic acids is 3. The van der Waals surface area contributed by atoms with Gasteiger partial charge < -0.3 is 26.0 Å². The van der Waals surface area contributed by atoms with E-state index in [1.165, 1.54) is 4.90 Å². The third-order valence-electron chi connectivity index (χ3n) is 4.86. The van der Waals surface area contributed by atoms with Gasteiger partial charge in [-0.2, -0.15) is 0 Å². The predicted molar refractivity (Wildman–Crippen MR) is 115 cm³/mol. The van der Waals surface area contributed by atoms with Gasteiger partial charge in [0, 0.05) is 39.2 Å². The molecule has 1 saturated heterocycles. The van der Waals surface area contributed by atoms with Gasteiger partial charge in [-0.15, -0.1) is 0 Å². The zero-order valence-electron chi connectivity index (χ0n) is 17.6. The maximum absolute atomic E-state index is 12.6. The largest absolute Gasteiger partial charge is 0.384 e. The number of epoxide rings is 1. The lowest BCUT2D eigenvalue weighted by Gasteiger charge is -2.21. The van der Waals surface area contributed by atoms with Gasteiger partial charge in [0.2, 0.25) is 5.91 Å². The molecule has 31 heavy (non-hydrogen) atoms. The van der Waals surface area contributed by atoms with E-state index < -0.39 is 24.2 Å². The third-order valence-corrected chi connectivity index (χ3v) is 4.86. The minimum atomic E-state index is -0.904. The van der Waals surface area contributed by atoms with Gasteiger partial charge in [-0.05, 0) is 17.7 Å². The number of nitrogens with zero attached hydrogens (tertiary/aromatic N) is 2. The van der Waals surface area contributed by atoms with Crippen molar-refractivity contribution in [3.8, 4) is 0 Å². The fourth-order valence-corrected chi connectivity index (χ4v) is 3.18. The summed E-state index contributed by atoms with van der Waals surface area (Å²) in [5.74, 6) is -0.659. The number of hydrogen-bond acceptors (Lipinski definition) is 6. The number of ether oxygens (including phenoxy) is 1. The number of nitrogens with two attached hydrogens (primary N) is 1. The van der Waals surface area contributed by atoms with Gasteiger partial charge in [-0.1, -0.05) is 36.4 Å². The van der Waals surface area contributed by atoms with Gasteiger partial charge in [0.1, 0.15) is 11.9 Å². The number of hydrogen-bond donors (Lipinski definition) is 3. The highest BCUT2D eigenvalue weighted by Crippen LogP contribution is 2.23. The standard InChI is InChI=1S/C22H27N5O4/c1-27(2)22(30)16(13-14-7-4-3-5-8-14)26-21(29)19-18(31-19)20(28)24-12-11-15-9-6-10-17(23)25-15/h3-10,16,18-19H,11-13H2,1-2H3,(H2,23,25)(H,24,28)(H,26,29)/t16-,18-,19-/m0/s1. The average Bonchev–Trinajstić information content (AvgIpc) is 3.54. The van der Waals surface area contributed by atoms with Gasteiger partial charge in [0.25, 0.3) is 11.8 Å².